The smallest absolute Gasteiger partial charge is 0.412 e. The zero-order valence-corrected chi connectivity index (χ0v) is 14.2. The van der Waals surface area contributed by atoms with Crippen LogP contribution in [0, 0.1) is 6.92 Å². The van der Waals surface area contributed by atoms with E-state index in [1.165, 1.54) is 0 Å². The van der Waals surface area contributed by atoms with Crippen LogP contribution in [0.4, 0.5) is 10.5 Å². The number of nitrogens with two attached hydrogens (primary N) is 1. The molecule has 3 N–H and O–H groups in total. The maximum atomic E-state index is 11.8. The lowest BCUT2D eigenvalue weighted by Gasteiger charge is -2.20. The molecule has 1 unspecified atom stereocenters. The van der Waals surface area contributed by atoms with Crippen LogP contribution < -0.4 is 11.1 Å². The van der Waals surface area contributed by atoms with Gasteiger partial charge in [0.25, 0.3) is 0 Å². The fourth-order valence-electron chi connectivity index (χ4n) is 1.54. The van der Waals surface area contributed by atoms with Crippen LogP contribution in [0.25, 0.3) is 0 Å². The third kappa shape index (κ3) is 5.84. The molecule has 0 saturated carbocycles. The maximum absolute atomic E-state index is 11.8. The summed E-state index contributed by atoms with van der Waals surface area (Å²) in [6.07, 6.45) is 1.59. The van der Waals surface area contributed by atoms with Crippen molar-refractivity contribution in [3.8, 4) is 0 Å². The van der Waals surface area contributed by atoms with Crippen molar-refractivity contribution in [3.63, 3.8) is 0 Å². The number of hydrogen-bond acceptors (Lipinski definition) is 6. The molecule has 0 fully saturated rings. The van der Waals surface area contributed by atoms with Gasteiger partial charge in [0.15, 0.2) is 5.76 Å². The van der Waals surface area contributed by atoms with Crippen molar-refractivity contribution < 1.29 is 14.1 Å². The summed E-state index contributed by atoms with van der Waals surface area (Å²) in [6, 6.07) is -0.445. The van der Waals surface area contributed by atoms with Crippen molar-refractivity contribution in [2.24, 2.45) is 10.7 Å². The fraction of sp³-hybridized carbons (Fsp3) is 0.615. The standard InChI is InChI=1S/C13H21BrN4O3/c1-8-10(17-12(19)20-13(2,3)4)11(21-18-8)9(15)5-6-16-7-14/h6,9H,5,7,15H2,1-4H3,(H,17,19). The largest absolute Gasteiger partial charge is 0.444 e. The molecule has 1 amide bonds. The lowest BCUT2D eigenvalue weighted by molar-refractivity contribution is 0.0635. The summed E-state index contributed by atoms with van der Waals surface area (Å²) >= 11 is 3.19. The molecule has 1 atom stereocenters. The number of ether oxygens (including phenoxy) is 1. The van der Waals surface area contributed by atoms with E-state index in [9.17, 15) is 4.79 Å². The minimum Gasteiger partial charge on any atom is -0.444 e. The van der Waals surface area contributed by atoms with Gasteiger partial charge >= 0.3 is 6.09 Å². The van der Waals surface area contributed by atoms with Crippen molar-refractivity contribution in [2.45, 2.75) is 45.8 Å². The third-order valence-corrected chi connectivity index (χ3v) is 2.70. The number of aliphatic imine (C=N–C) groups is 1. The predicted molar refractivity (Wildman–Crippen MR) is 84.9 cm³/mol. The van der Waals surface area contributed by atoms with Gasteiger partial charge < -0.3 is 15.0 Å². The lowest BCUT2D eigenvalue weighted by atomic mass is 10.1. The minimum absolute atomic E-state index is 0.402. The van der Waals surface area contributed by atoms with Gasteiger partial charge in [-0.3, -0.25) is 10.3 Å². The molecule has 1 aromatic heterocycles. The number of hydrogen-bond donors (Lipinski definition) is 2. The van der Waals surface area contributed by atoms with Gasteiger partial charge in [0.05, 0.1) is 11.5 Å². The number of carbonyl (C=O) groups excluding carboxylic acids is 1. The van der Waals surface area contributed by atoms with Gasteiger partial charge in [-0.25, -0.2) is 4.79 Å². The summed E-state index contributed by atoms with van der Waals surface area (Å²) in [5.41, 5.74) is 6.94. The molecule has 0 aliphatic rings. The Morgan fingerprint density at radius 1 is 1.62 bits per heavy atom. The highest BCUT2D eigenvalue weighted by atomic mass is 79.9. The molecule has 0 saturated heterocycles. The van der Waals surface area contributed by atoms with Crippen molar-refractivity contribution in [3.05, 3.63) is 11.5 Å². The number of nitrogens with zero attached hydrogens (tertiary/aromatic N) is 2. The van der Waals surface area contributed by atoms with Crippen LogP contribution in [0.15, 0.2) is 9.52 Å². The molecule has 0 aliphatic heterocycles. The number of aromatic nitrogens is 1. The van der Waals surface area contributed by atoms with Crippen molar-refractivity contribution in [1.29, 1.82) is 0 Å². The molecule has 0 aromatic carbocycles. The normalized spacial score (nSPS) is 13.4. The van der Waals surface area contributed by atoms with Crippen LogP contribution in [0.2, 0.25) is 0 Å². The van der Waals surface area contributed by atoms with Crippen LogP contribution in [-0.2, 0) is 4.74 Å². The second-order valence-electron chi connectivity index (χ2n) is 5.46. The number of rotatable bonds is 5. The van der Waals surface area contributed by atoms with Gasteiger partial charge in [-0.1, -0.05) is 21.1 Å². The molecule has 1 rings (SSSR count). The monoisotopic (exact) mass is 360 g/mol. The van der Waals surface area contributed by atoms with Gasteiger partial charge in [-0.2, -0.15) is 0 Å². The van der Waals surface area contributed by atoms with Crippen molar-refractivity contribution in [1.82, 2.24) is 5.16 Å². The van der Waals surface area contributed by atoms with Gasteiger partial charge in [0.1, 0.15) is 17.0 Å². The van der Waals surface area contributed by atoms with E-state index in [1.54, 1.807) is 33.9 Å². The zero-order valence-electron chi connectivity index (χ0n) is 12.6. The summed E-state index contributed by atoms with van der Waals surface area (Å²) in [7, 11) is 0. The van der Waals surface area contributed by atoms with Crippen LogP contribution in [-0.4, -0.2) is 28.5 Å². The highest BCUT2D eigenvalue weighted by molar-refractivity contribution is 9.09. The maximum Gasteiger partial charge on any atom is 0.412 e. The third-order valence-electron chi connectivity index (χ3n) is 2.41. The topological polar surface area (TPSA) is 103 Å². The number of anilines is 1. The Kier molecular flexibility index (Phi) is 6.35. The zero-order chi connectivity index (χ0) is 16.0. The van der Waals surface area contributed by atoms with E-state index >= 15 is 0 Å². The second kappa shape index (κ2) is 7.56. The molecule has 1 aromatic rings. The van der Waals surface area contributed by atoms with E-state index in [0.29, 0.717) is 29.0 Å². The molecule has 8 heteroatoms. The first-order valence-electron chi connectivity index (χ1n) is 6.50. The van der Waals surface area contributed by atoms with E-state index in [2.05, 4.69) is 31.4 Å². The molecule has 0 aliphatic carbocycles. The Morgan fingerprint density at radius 3 is 2.86 bits per heavy atom. The Morgan fingerprint density at radius 2 is 2.29 bits per heavy atom. The summed E-state index contributed by atoms with van der Waals surface area (Å²) in [6.45, 7) is 7.09. The van der Waals surface area contributed by atoms with E-state index in [1.807, 2.05) is 0 Å². The van der Waals surface area contributed by atoms with Gasteiger partial charge in [-0.05, 0) is 27.7 Å². The highest BCUT2D eigenvalue weighted by Gasteiger charge is 2.23. The summed E-state index contributed by atoms with van der Waals surface area (Å²) in [5, 5.41) is 6.47. The average Bonchev–Trinajstić information content (AvgIpc) is 2.69. The number of carbonyl (C=O) groups is 1. The SMILES string of the molecule is Cc1noc(C(N)CC=NCBr)c1NC(=O)OC(C)(C)C. The van der Waals surface area contributed by atoms with Gasteiger partial charge in [0, 0.05) is 12.6 Å². The minimum atomic E-state index is -0.583. The molecule has 0 bridgehead atoms. The van der Waals surface area contributed by atoms with Crippen LogP contribution in [0.3, 0.4) is 0 Å². The van der Waals surface area contributed by atoms with Crippen molar-refractivity contribution >= 4 is 33.9 Å². The molecule has 0 spiro atoms. The predicted octanol–water partition coefficient (Wildman–Crippen LogP) is 3.14. The fourth-order valence-corrected chi connectivity index (χ4v) is 1.75. The molecular weight excluding hydrogens is 340 g/mol. The summed E-state index contributed by atoms with van der Waals surface area (Å²) in [4.78, 5) is 15.9. The number of alkyl halides is 1. The van der Waals surface area contributed by atoms with E-state index < -0.39 is 17.7 Å². The molecule has 21 heavy (non-hydrogen) atoms. The first-order valence-corrected chi connectivity index (χ1v) is 7.62. The Balaban J connectivity index is 2.81. The van der Waals surface area contributed by atoms with Crippen LogP contribution in [0.1, 0.15) is 44.7 Å². The van der Waals surface area contributed by atoms with Gasteiger partial charge in [-0.15, -0.1) is 0 Å². The van der Waals surface area contributed by atoms with Crippen LogP contribution in [0.5, 0.6) is 0 Å². The second-order valence-corrected chi connectivity index (χ2v) is 5.96. The number of amides is 1. The quantitative estimate of drug-likeness (QED) is 0.476. The molecule has 0 radical (unpaired) electrons. The first kappa shape index (κ1) is 17.6. The average molecular weight is 361 g/mol. The Bertz CT molecular complexity index is 508. The summed E-state index contributed by atoms with van der Waals surface area (Å²) in [5.74, 6) is 0.402. The first-order chi connectivity index (χ1) is 9.74. The van der Waals surface area contributed by atoms with E-state index in [-0.39, 0.29) is 0 Å². The Labute approximate surface area is 132 Å². The van der Waals surface area contributed by atoms with E-state index in [4.69, 9.17) is 15.0 Å². The number of nitrogens with one attached hydrogen (secondary N) is 1. The van der Waals surface area contributed by atoms with Crippen LogP contribution >= 0.6 is 15.9 Å². The highest BCUT2D eigenvalue weighted by Crippen LogP contribution is 2.27. The van der Waals surface area contributed by atoms with Crippen molar-refractivity contribution in [2.75, 3.05) is 10.8 Å². The number of halogens is 1. The molecule has 1 heterocycles. The molecular formula is C13H21BrN4O3. The number of aryl methyl sites for hydroxylation is 1. The van der Waals surface area contributed by atoms with E-state index in [0.717, 1.165) is 0 Å². The summed E-state index contributed by atoms with van der Waals surface area (Å²) < 4.78 is 10.4. The Hall–Kier alpha value is -1.41. The lowest BCUT2D eigenvalue weighted by Crippen LogP contribution is -2.28. The molecule has 118 valence electrons. The van der Waals surface area contributed by atoms with Gasteiger partial charge in [0.2, 0.25) is 0 Å². The molecule has 7 nitrogen and oxygen atoms in total.